The Morgan fingerprint density at radius 3 is 2.70 bits per heavy atom. The van der Waals surface area contributed by atoms with E-state index >= 15 is 0 Å². The number of aryl methyl sites for hydroxylation is 2. The monoisotopic (exact) mass is 399 g/mol. The Morgan fingerprint density at radius 1 is 1.19 bits per heavy atom. The predicted molar refractivity (Wildman–Crippen MR) is 108 cm³/mol. The van der Waals surface area contributed by atoms with Gasteiger partial charge in [0.1, 0.15) is 11.1 Å². The molecular weight excluding hydrogens is 382 g/mol. The van der Waals surface area contributed by atoms with E-state index < -0.39 is 5.25 Å². The highest BCUT2D eigenvalue weighted by atomic mass is 35.5. The van der Waals surface area contributed by atoms with E-state index in [-0.39, 0.29) is 11.9 Å². The van der Waals surface area contributed by atoms with Crippen LogP contribution in [0.25, 0.3) is 0 Å². The summed E-state index contributed by atoms with van der Waals surface area (Å²) >= 11 is 7.43. The van der Waals surface area contributed by atoms with E-state index in [1.54, 1.807) is 12.1 Å². The maximum Gasteiger partial charge on any atom is 0.240 e. The second kappa shape index (κ2) is 7.25. The predicted octanol–water partition coefficient (Wildman–Crippen LogP) is 3.95. The van der Waals surface area contributed by atoms with E-state index in [0.717, 1.165) is 11.4 Å². The molecule has 4 rings (SSSR count). The summed E-state index contributed by atoms with van der Waals surface area (Å²) in [5.41, 5.74) is 6.25. The van der Waals surface area contributed by atoms with Crippen molar-refractivity contribution in [3.05, 3.63) is 70.5 Å². The van der Waals surface area contributed by atoms with Gasteiger partial charge in [0, 0.05) is 10.7 Å². The number of carbonyl (C=O) groups excluding carboxylic acids is 1. The zero-order valence-corrected chi connectivity index (χ0v) is 16.4. The molecular formula is C19H18ClN5OS. The zero-order chi connectivity index (χ0) is 19.0. The highest BCUT2D eigenvalue weighted by molar-refractivity contribution is 8.00. The first-order valence-electron chi connectivity index (χ1n) is 8.49. The molecule has 6 nitrogen and oxygen atoms in total. The van der Waals surface area contributed by atoms with E-state index in [0.29, 0.717) is 15.9 Å². The second-order valence-electron chi connectivity index (χ2n) is 6.42. The van der Waals surface area contributed by atoms with Gasteiger partial charge in [-0.3, -0.25) is 4.79 Å². The van der Waals surface area contributed by atoms with Gasteiger partial charge in [-0.25, -0.2) is 4.68 Å². The van der Waals surface area contributed by atoms with E-state index in [1.807, 2.05) is 54.9 Å². The Balaban J connectivity index is 1.66. The van der Waals surface area contributed by atoms with E-state index in [1.165, 1.54) is 17.3 Å². The maximum absolute atomic E-state index is 13.1. The average molecular weight is 400 g/mol. The molecule has 27 heavy (non-hydrogen) atoms. The number of amides is 1. The zero-order valence-electron chi connectivity index (χ0n) is 14.8. The standard InChI is InChI=1S/C19H18ClN5OS/c1-11-6-8-13(9-7-11)16-17(27-19-23-22-12(2)25(19)24-16)18(26)21-15-5-3-4-14(20)10-15/h3-10,16-17,24H,1-2H3,(H,21,26)/t16-,17-/m0/s1. The normalized spacial score (nSPS) is 18.5. The van der Waals surface area contributed by atoms with Crippen LogP contribution in [0.4, 0.5) is 5.69 Å². The number of thioether (sulfide) groups is 1. The topological polar surface area (TPSA) is 71.8 Å². The molecule has 0 radical (unpaired) electrons. The van der Waals surface area contributed by atoms with Crippen LogP contribution in [0.2, 0.25) is 5.02 Å². The van der Waals surface area contributed by atoms with Crippen molar-refractivity contribution in [3.8, 4) is 0 Å². The van der Waals surface area contributed by atoms with Crippen LogP contribution in [-0.2, 0) is 4.79 Å². The number of halogens is 1. The first-order valence-corrected chi connectivity index (χ1v) is 9.75. The van der Waals surface area contributed by atoms with Crippen molar-refractivity contribution in [2.45, 2.75) is 30.3 Å². The van der Waals surface area contributed by atoms with Crippen molar-refractivity contribution >= 4 is 35.0 Å². The molecule has 8 heteroatoms. The molecule has 138 valence electrons. The molecule has 1 amide bonds. The Morgan fingerprint density at radius 2 is 1.96 bits per heavy atom. The minimum absolute atomic E-state index is 0.118. The molecule has 0 saturated carbocycles. The van der Waals surface area contributed by atoms with Crippen LogP contribution in [0.1, 0.15) is 23.0 Å². The summed E-state index contributed by atoms with van der Waals surface area (Å²) < 4.78 is 1.83. The lowest BCUT2D eigenvalue weighted by Crippen LogP contribution is -2.41. The van der Waals surface area contributed by atoms with Gasteiger partial charge >= 0.3 is 0 Å². The van der Waals surface area contributed by atoms with Crippen LogP contribution in [0.3, 0.4) is 0 Å². The van der Waals surface area contributed by atoms with E-state index in [2.05, 4.69) is 20.9 Å². The quantitative estimate of drug-likeness (QED) is 0.697. The Kier molecular flexibility index (Phi) is 4.80. The minimum Gasteiger partial charge on any atom is -0.325 e. The van der Waals surface area contributed by atoms with Crippen molar-refractivity contribution in [2.75, 3.05) is 10.7 Å². The average Bonchev–Trinajstić information content (AvgIpc) is 3.02. The Hall–Kier alpha value is -2.51. The van der Waals surface area contributed by atoms with Crippen molar-refractivity contribution in [1.82, 2.24) is 14.9 Å². The van der Waals surface area contributed by atoms with Gasteiger partial charge < -0.3 is 10.7 Å². The lowest BCUT2D eigenvalue weighted by molar-refractivity contribution is -0.116. The third-order valence-corrected chi connectivity index (χ3v) is 5.84. The summed E-state index contributed by atoms with van der Waals surface area (Å²) in [6, 6.07) is 15.1. The number of benzene rings is 2. The molecule has 0 fully saturated rings. The van der Waals surface area contributed by atoms with Gasteiger partial charge in [-0.15, -0.1) is 10.2 Å². The number of hydrogen-bond acceptors (Lipinski definition) is 5. The van der Waals surface area contributed by atoms with Gasteiger partial charge in [-0.1, -0.05) is 59.3 Å². The molecule has 2 aromatic carbocycles. The van der Waals surface area contributed by atoms with Crippen molar-refractivity contribution in [3.63, 3.8) is 0 Å². The summed E-state index contributed by atoms with van der Waals surface area (Å²) in [6.45, 7) is 3.92. The molecule has 1 aromatic heterocycles. The van der Waals surface area contributed by atoms with Crippen molar-refractivity contribution in [2.24, 2.45) is 0 Å². The van der Waals surface area contributed by atoms with Gasteiger partial charge in [0.25, 0.3) is 0 Å². The number of anilines is 1. The van der Waals surface area contributed by atoms with Gasteiger partial charge in [0.05, 0.1) is 6.04 Å². The van der Waals surface area contributed by atoms with Gasteiger partial charge in [0.2, 0.25) is 11.1 Å². The first-order chi connectivity index (χ1) is 13.0. The highest BCUT2D eigenvalue weighted by Gasteiger charge is 2.37. The fourth-order valence-electron chi connectivity index (χ4n) is 2.96. The number of carbonyl (C=O) groups is 1. The van der Waals surface area contributed by atoms with Crippen LogP contribution in [-0.4, -0.2) is 26.0 Å². The smallest absolute Gasteiger partial charge is 0.240 e. The van der Waals surface area contributed by atoms with Crippen LogP contribution < -0.4 is 10.7 Å². The molecule has 3 aromatic rings. The summed E-state index contributed by atoms with van der Waals surface area (Å²) in [7, 11) is 0. The van der Waals surface area contributed by atoms with Crippen molar-refractivity contribution < 1.29 is 4.79 Å². The summed E-state index contributed by atoms with van der Waals surface area (Å²) in [4.78, 5) is 13.1. The highest BCUT2D eigenvalue weighted by Crippen LogP contribution is 2.37. The fraction of sp³-hybridized carbons (Fsp3) is 0.211. The lowest BCUT2D eigenvalue weighted by atomic mass is 10.0. The Bertz CT molecular complexity index is 988. The Labute approximate surface area is 166 Å². The maximum atomic E-state index is 13.1. The molecule has 0 unspecified atom stereocenters. The van der Waals surface area contributed by atoms with E-state index in [4.69, 9.17) is 11.6 Å². The third-order valence-electron chi connectivity index (χ3n) is 4.39. The minimum atomic E-state index is -0.414. The fourth-order valence-corrected chi connectivity index (χ4v) is 4.28. The number of nitrogens with zero attached hydrogens (tertiary/aromatic N) is 3. The molecule has 1 aliphatic rings. The summed E-state index contributed by atoms with van der Waals surface area (Å²) in [5.74, 6) is 0.635. The third kappa shape index (κ3) is 3.65. The number of fused-ring (bicyclic) bond motifs is 1. The summed E-state index contributed by atoms with van der Waals surface area (Å²) in [6.07, 6.45) is 0. The molecule has 1 aliphatic heterocycles. The molecule has 2 heterocycles. The molecule has 0 saturated heterocycles. The second-order valence-corrected chi connectivity index (χ2v) is 7.97. The molecule has 0 spiro atoms. The number of hydrogen-bond donors (Lipinski definition) is 2. The van der Waals surface area contributed by atoms with Crippen LogP contribution in [0, 0.1) is 13.8 Å². The van der Waals surface area contributed by atoms with Crippen molar-refractivity contribution in [1.29, 1.82) is 0 Å². The number of rotatable bonds is 3. The SMILES string of the molecule is Cc1ccc([C@@H]2Nn3c(C)nnc3S[C@@H]2C(=O)Nc2cccc(Cl)c2)cc1. The van der Waals surface area contributed by atoms with E-state index in [9.17, 15) is 4.79 Å². The van der Waals surface area contributed by atoms with Crippen LogP contribution >= 0.6 is 23.4 Å². The molecule has 0 aliphatic carbocycles. The van der Waals surface area contributed by atoms with Crippen LogP contribution in [0.15, 0.2) is 53.7 Å². The largest absolute Gasteiger partial charge is 0.325 e. The van der Waals surface area contributed by atoms with Gasteiger partial charge in [-0.2, -0.15) is 0 Å². The van der Waals surface area contributed by atoms with Gasteiger partial charge in [-0.05, 0) is 37.6 Å². The molecule has 2 N–H and O–H groups in total. The molecule has 0 bridgehead atoms. The lowest BCUT2D eigenvalue weighted by Gasteiger charge is -2.32. The summed E-state index contributed by atoms with van der Waals surface area (Å²) in [5, 5.41) is 12.1. The van der Waals surface area contributed by atoms with Gasteiger partial charge in [0.15, 0.2) is 0 Å². The van der Waals surface area contributed by atoms with Crippen LogP contribution in [0.5, 0.6) is 0 Å². The molecule has 2 atom stereocenters. The number of aromatic nitrogens is 3. The number of nitrogens with one attached hydrogen (secondary N) is 2. The first kappa shape index (κ1) is 17.9.